The monoisotopic (exact) mass is 1750 g/mol. The molecular weight excluding hydrogens is 1620 g/mol. The fourth-order valence-corrected chi connectivity index (χ4v) is 22.4. The summed E-state index contributed by atoms with van der Waals surface area (Å²) in [5, 5.41) is 20.3. The van der Waals surface area contributed by atoms with Gasteiger partial charge in [0.15, 0.2) is 17.3 Å². The molecule has 107 heavy (non-hydrogen) atoms. The number of phenols is 2. The number of ketones is 3. The van der Waals surface area contributed by atoms with Crippen LogP contribution in [0.1, 0.15) is 193 Å². The Balaban J connectivity index is 0.000000238. The molecule has 15 atom stereocenters. The van der Waals surface area contributed by atoms with Crippen LogP contribution in [-0.4, -0.2) is 192 Å². The quantitative estimate of drug-likeness (QED) is 0.0562. The maximum atomic E-state index is 14.4. The number of likely N-dealkylation sites (N-methyl/N-ethyl adjacent to an activating group) is 2. The van der Waals surface area contributed by atoms with E-state index in [-0.39, 0.29) is 112 Å². The maximum absolute atomic E-state index is 14.4. The first-order valence-corrected chi connectivity index (χ1v) is 44.3. The minimum absolute atomic E-state index is 0.0124. The molecule has 3 unspecified atom stereocenters. The highest BCUT2D eigenvalue weighted by molar-refractivity contribution is 9.69. The summed E-state index contributed by atoms with van der Waals surface area (Å²) >= 11 is 18.8. The topological polar surface area (TPSA) is 185 Å². The Labute approximate surface area is 680 Å². The van der Waals surface area contributed by atoms with Gasteiger partial charge in [0.1, 0.15) is 34.5 Å². The number of methoxy groups -OCH3 is 4. The van der Waals surface area contributed by atoms with E-state index in [1.165, 1.54) is 50.3 Å². The van der Waals surface area contributed by atoms with E-state index < -0.39 is 17.3 Å². The maximum Gasteiger partial charge on any atom is 0.369 e. The zero-order valence-electron chi connectivity index (χ0n) is 68.8. The lowest BCUT2D eigenvalue weighted by Crippen LogP contribution is -2.58. The molecule has 0 bridgehead atoms. The predicted molar refractivity (Wildman–Crippen MR) is 447 cm³/mol. The fourth-order valence-electron chi connectivity index (χ4n) is 22.0. The first-order chi connectivity index (χ1) is 50.5. The van der Waals surface area contributed by atoms with Crippen molar-refractivity contribution >= 4 is 101 Å². The number of Topliss-reactive ketones (excluding diaryl/α,β-unsaturated/α-hetero) is 3. The van der Waals surface area contributed by atoms with Gasteiger partial charge in [-0.3, -0.25) is 23.0 Å². The number of hydrogen-bond acceptors (Lipinski definition) is 16. The van der Waals surface area contributed by atoms with Crippen LogP contribution in [0.5, 0.6) is 34.5 Å². The summed E-state index contributed by atoms with van der Waals surface area (Å²) in [5.41, 5.74) is 2.10. The van der Waals surface area contributed by atoms with Crippen molar-refractivity contribution in [1.82, 2.24) is 19.6 Å². The van der Waals surface area contributed by atoms with Crippen LogP contribution in [0.3, 0.4) is 0 Å². The standard InChI is InChI=1S/C29H46N2O3.C27H42N2O3.C25H38O6S.CH2Cl2.CH3F.BBr3/c1-20-22(19-31-13-11-30(5)12-14-31)17-25-28(2,3)9-8-10-29(25,4)26(20)27(32)21-15-23(33-6)18-24(16-21)34-7;1-18-20(17-29-11-9-28(5)10-12-29)15-23-26(2,3)7-6-8-27(23,4)24(18)25(32)19-13-21(30)16-22(31)14-19;1-16-18(15-31-32(7,27)28)13-21-24(2,3)9-8-10-25(21,4)22(16)23(26)17-11-19(29-5)14-20(12-17)30-6;2-1-3;1-2;2-1(3)4/h15-16,18,20,22,25-26H,8-14,17,19H2,1-7H3;13-14,16,18,20,23-24,30-31H,6-12,15,17H2,1-5H3;11-12,14,16,18,21-22H,8-10,13,15H2,1-7H3;1H2;1H3;/t20-,22-,25?,26-,29+;18-,20-,23?,24-,27+;16-,18-,21?,22-,25+;;;/m111.../s1/i;;;;1D;. The molecule has 2 N–H and O–H groups in total. The summed E-state index contributed by atoms with van der Waals surface area (Å²) in [7, 11) is 6.31. The van der Waals surface area contributed by atoms with Crippen LogP contribution in [0.15, 0.2) is 54.6 Å². The van der Waals surface area contributed by atoms with Gasteiger partial charge in [0, 0.05) is 118 Å². The van der Waals surface area contributed by atoms with Crippen LogP contribution in [0, 0.1) is 104 Å². The highest BCUT2D eigenvalue weighted by Gasteiger charge is 2.62. The molecule has 8 fully saturated rings. The smallest absolute Gasteiger partial charge is 0.369 e. The molecule has 0 spiro atoms. The Kier molecular flexibility index (Phi) is 34.2. The van der Waals surface area contributed by atoms with E-state index in [1.54, 1.807) is 46.6 Å². The Bertz CT molecular complexity index is 3450. The van der Waals surface area contributed by atoms with Crippen molar-refractivity contribution in [3.63, 3.8) is 0 Å². The van der Waals surface area contributed by atoms with Crippen LogP contribution in [0.2, 0.25) is 0 Å². The Morgan fingerprint density at radius 1 is 0.514 bits per heavy atom. The molecule has 3 aromatic carbocycles. The molecule has 8 aliphatic rings. The van der Waals surface area contributed by atoms with E-state index in [1.807, 2.05) is 18.2 Å². The van der Waals surface area contributed by atoms with Gasteiger partial charge in [-0.2, -0.15) is 8.42 Å². The minimum Gasteiger partial charge on any atom is -0.508 e. The van der Waals surface area contributed by atoms with Gasteiger partial charge in [-0.15, -0.1) is 70.5 Å². The summed E-state index contributed by atoms with van der Waals surface area (Å²) in [6, 6.07) is 15.4. The number of carbonyl (C=O) groups is 3. The second-order valence-electron chi connectivity index (χ2n) is 35.3. The molecule has 16 nitrogen and oxygen atoms in total. The van der Waals surface area contributed by atoms with Crippen LogP contribution in [0.25, 0.3) is 0 Å². The highest BCUT2D eigenvalue weighted by Crippen LogP contribution is 2.66. The summed E-state index contributed by atoms with van der Waals surface area (Å²) < 4.78 is 66.3. The summed E-state index contributed by atoms with van der Waals surface area (Å²) in [5.74, 6) is 5.52. The zero-order chi connectivity index (χ0) is 80.8. The van der Waals surface area contributed by atoms with Crippen molar-refractivity contribution in [2.45, 2.75) is 160 Å². The number of benzene rings is 3. The second-order valence-corrected chi connectivity index (χ2v) is 44.2. The molecule has 2 saturated heterocycles. The second kappa shape index (κ2) is 40.0. The SMILES string of the molecule is BrB(Br)Br.COc1cc(OC)cc(C(=O)[C@H]2[C@H](C)[C@@H](CN3CCN(C)CC3)CC3C(C)(C)CCC[C@@]32C)c1.COc1cc(OC)cc(C(=O)[C@H]2[C@H](C)[C@@H](COS(C)(=O)=O)CC3C(C)(C)CCC[C@@]32C)c1.C[C@@H]1[C@@H](CN2CCN(C)CC2)CC2C(C)(C)CCC[C@]2(C)[C@H]1C(=O)c1cc(O)cc(O)c1.ClCCl.[2H]CF. The van der Waals surface area contributed by atoms with Crippen molar-refractivity contribution in [2.75, 3.05) is 133 Å². The van der Waals surface area contributed by atoms with Gasteiger partial charge >= 0.3 is 3.18 Å². The van der Waals surface area contributed by atoms with E-state index >= 15 is 0 Å². The van der Waals surface area contributed by atoms with E-state index in [9.17, 15) is 37.4 Å². The average Bonchev–Trinajstić information content (AvgIpc) is 0.736. The number of nitrogens with zero attached hydrogens (tertiary/aromatic N) is 4. The number of rotatable bonds is 17. The number of alkyl halides is 3. The largest absolute Gasteiger partial charge is 0.508 e. The number of phenolic OH excluding ortho intramolecular Hbond substituents is 2. The number of hydrogen-bond donors (Lipinski definition) is 2. The molecule has 3 aromatic rings. The molecule has 11 rings (SSSR count). The average molecular weight is 1750 g/mol. The first-order valence-electron chi connectivity index (χ1n) is 39.4. The van der Waals surface area contributed by atoms with Crippen LogP contribution in [0.4, 0.5) is 4.39 Å². The molecular formula is C83H131BBr3Cl2FN4O12S. The Morgan fingerprint density at radius 2 is 0.776 bits per heavy atom. The highest BCUT2D eigenvalue weighted by atomic mass is 79.9. The van der Waals surface area contributed by atoms with Gasteiger partial charge < -0.3 is 48.8 Å². The number of carbonyl (C=O) groups excluding carboxylic acids is 3. The molecule has 6 aliphatic carbocycles. The predicted octanol–water partition coefficient (Wildman–Crippen LogP) is 19.0. The Hall–Kier alpha value is -2.77. The molecule has 0 radical (unpaired) electrons. The molecule has 2 aliphatic heterocycles. The van der Waals surface area contributed by atoms with Gasteiger partial charge in [-0.1, -0.05) is 102 Å². The first kappa shape index (κ1) is 91.4. The van der Waals surface area contributed by atoms with Crippen molar-refractivity contribution in [3.8, 4) is 34.5 Å². The zero-order valence-corrected chi connectivity index (χ0v) is 74.9. The lowest BCUT2D eigenvalue weighted by molar-refractivity contribution is -0.107. The van der Waals surface area contributed by atoms with Gasteiger partial charge in [0.05, 0.1) is 55.2 Å². The van der Waals surface area contributed by atoms with Gasteiger partial charge in [-0.25, -0.2) is 0 Å². The fraction of sp³-hybridized carbons (Fsp3) is 0.747. The molecule has 6 saturated carbocycles. The lowest BCUT2D eigenvalue weighted by atomic mass is 9.44. The van der Waals surface area contributed by atoms with Crippen molar-refractivity contribution < 1.29 is 61.9 Å². The third-order valence-corrected chi connectivity index (χ3v) is 27.9. The molecule has 606 valence electrons. The summed E-state index contributed by atoms with van der Waals surface area (Å²) in [6.07, 6.45) is 14.6. The number of halogens is 6. The molecule has 24 heteroatoms. The summed E-state index contributed by atoms with van der Waals surface area (Å²) in [4.78, 5) is 52.5. The molecule has 0 amide bonds. The van der Waals surface area contributed by atoms with Crippen LogP contribution in [-0.2, 0) is 14.3 Å². The Morgan fingerprint density at radius 3 is 1.05 bits per heavy atom. The number of piperazine rings is 2. The van der Waals surface area contributed by atoms with Gasteiger partial charge in [-0.05, 0) is 194 Å². The van der Waals surface area contributed by atoms with Crippen LogP contribution >= 0.6 is 70.5 Å². The number of aromatic hydroxyl groups is 2. The van der Waals surface area contributed by atoms with Crippen molar-refractivity contribution in [1.29, 1.82) is 0 Å². The third-order valence-electron chi connectivity index (χ3n) is 27.4. The summed E-state index contributed by atoms with van der Waals surface area (Å²) in [6.45, 7) is 39.3. The van der Waals surface area contributed by atoms with E-state index in [0.717, 1.165) is 122 Å². The third kappa shape index (κ3) is 23.3. The normalized spacial score (nSPS) is 31.8. The van der Waals surface area contributed by atoms with E-state index in [0.29, 0.717) is 69.6 Å². The molecule has 2 heterocycles. The molecule has 0 aromatic heterocycles. The minimum atomic E-state index is -3.55. The van der Waals surface area contributed by atoms with Gasteiger partial charge in [0.25, 0.3) is 10.1 Å². The van der Waals surface area contributed by atoms with Crippen molar-refractivity contribution in [2.24, 2.45) is 104 Å². The van der Waals surface area contributed by atoms with E-state index in [4.69, 9.17) is 47.7 Å². The van der Waals surface area contributed by atoms with Crippen molar-refractivity contribution in [3.05, 3.63) is 71.3 Å². The van der Waals surface area contributed by atoms with Crippen LogP contribution < -0.4 is 18.9 Å². The lowest BCUT2D eigenvalue weighted by Gasteiger charge is -2.61. The number of ether oxygens (including phenoxy) is 4. The van der Waals surface area contributed by atoms with Gasteiger partial charge in [0.2, 0.25) is 0 Å². The number of fused-ring (bicyclic) bond motifs is 3. The van der Waals surface area contributed by atoms with E-state index in [2.05, 4.69) is 164 Å².